The van der Waals surface area contributed by atoms with Crippen LogP contribution in [0.4, 0.5) is 11.5 Å². The highest BCUT2D eigenvalue weighted by Gasteiger charge is 2.28. The van der Waals surface area contributed by atoms with Crippen LogP contribution in [-0.2, 0) is 7.05 Å². The van der Waals surface area contributed by atoms with E-state index in [1.165, 1.54) is 83.5 Å². The summed E-state index contributed by atoms with van der Waals surface area (Å²) in [6, 6.07) is 0. The van der Waals surface area contributed by atoms with Gasteiger partial charge in [-0.2, -0.15) is 0 Å². The van der Waals surface area contributed by atoms with Gasteiger partial charge in [-0.15, -0.1) is 0 Å². The number of rotatable bonds is 16. The first-order valence-electron chi connectivity index (χ1n) is 12.5. The fourth-order valence-corrected chi connectivity index (χ4v) is 4.42. The van der Waals surface area contributed by atoms with E-state index in [4.69, 9.17) is 0 Å². The summed E-state index contributed by atoms with van der Waals surface area (Å²) in [5.41, 5.74) is -0.0270. The largest absolute Gasteiger partial charge is 0.349 e. The lowest BCUT2D eigenvalue weighted by atomic mass is 10.1. The smallest absolute Gasteiger partial charge is 0.329 e. The second kappa shape index (κ2) is 14.2. The molecule has 0 saturated heterocycles. The molecule has 31 heavy (non-hydrogen) atoms. The van der Waals surface area contributed by atoms with Crippen LogP contribution in [0.2, 0.25) is 0 Å². The topological polar surface area (TPSA) is 61.3 Å². The summed E-state index contributed by atoms with van der Waals surface area (Å²) >= 11 is 0. The molecule has 6 nitrogen and oxygen atoms in total. The number of allylic oxidation sites excluding steroid dienone is 2. The van der Waals surface area contributed by atoms with E-state index in [0.717, 1.165) is 18.8 Å². The molecule has 0 atom stereocenters. The number of hydrogen-bond donors (Lipinski definition) is 1. The average Bonchev–Trinajstić information content (AvgIpc) is 3.08. The van der Waals surface area contributed by atoms with Crippen molar-refractivity contribution in [3.63, 3.8) is 0 Å². The van der Waals surface area contributed by atoms with Crippen LogP contribution in [-0.4, -0.2) is 29.8 Å². The third-order valence-electron chi connectivity index (χ3n) is 6.27. The van der Waals surface area contributed by atoms with Gasteiger partial charge in [0.1, 0.15) is 11.5 Å². The van der Waals surface area contributed by atoms with Gasteiger partial charge in [0.15, 0.2) is 0 Å². The molecule has 2 heterocycles. The van der Waals surface area contributed by atoms with Gasteiger partial charge in [0, 0.05) is 20.6 Å². The molecule has 0 aromatic carbocycles. The Morgan fingerprint density at radius 2 is 1.35 bits per heavy atom. The molecule has 0 unspecified atom stereocenters. The molecule has 0 radical (unpaired) electrons. The molecule has 1 aromatic heterocycles. The van der Waals surface area contributed by atoms with Gasteiger partial charge in [-0.1, -0.05) is 76.9 Å². The van der Waals surface area contributed by atoms with Crippen LogP contribution in [0, 0.1) is 0 Å². The molecular formula is C25H44N4O2. The minimum Gasteiger partial charge on any atom is -0.349 e. The van der Waals surface area contributed by atoms with Crippen molar-refractivity contribution in [3.05, 3.63) is 33.0 Å². The molecular weight excluding hydrogens is 388 g/mol. The quantitative estimate of drug-likeness (QED) is 0.283. The van der Waals surface area contributed by atoms with E-state index in [2.05, 4.69) is 29.0 Å². The Morgan fingerprint density at radius 1 is 0.806 bits per heavy atom. The minimum absolute atomic E-state index is 0.288. The van der Waals surface area contributed by atoms with E-state index < -0.39 is 0 Å². The molecule has 176 valence electrons. The predicted molar refractivity (Wildman–Crippen MR) is 132 cm³/mol. The van der Waals surface area contributed by atoms with Crippen LogP contribution in [0.1, 0.15) is 96.8 Å². The van der Waals surface area contributed by atoms with Crippen molar-refractivity contribution < 1.29 is 0 Å². The first-order valence-corrected chi connectivity index (χ1v) is 12.5. The summed E-state index contributed by atoms with van der Waals surface area (Å²) < 4.78 is 1.56. The summed E-state index contributed by atoms with van der Waals surface area (Å²) in [6.45, 7) is 3.82. The summed E-state index contributed by atoms with van der Waals surface area (Å²) in [5.74, 6) is 0.754. The summed E-state index contributed by atoms with van der Waals surface area (Å²) in [7, 11) is 3.63. The Labute approximate surface area is 188 Å². The van der Waals surface area contributed by atoms with Crippen molar-refractivity contribution >= 4 is 11.5 Å². The van der Waals surface area contributed by atoms with E-state index in [-0.39, 0.29) is 11.2 Å². The highest BCUT2D eigenvalue weighted by atomic mass is 16.2. The fraction of sp³-hybridized carbons (Fsp3) is 0.760. The molecule has 1 aliphatic rings. The van der Waals surface area contributed by atoms with E-state index >= 15 is 0 Å². The Bertz CT molecular complexity index is 781. The second-order valence-electron chi connectivity index (χ2n) is 9.03. The summed E-state index contributed by atoms with van der Waals surface area (Å²) in [6.07, 6.45) is 22.9. The highest BCUT2D eigenvalue weighted by molar-refractivity contribution is 5.71. The first kappa shape index (κ1) is 25.3. The van der Waals surface area contributed by atoms with E-state index in [0.29, 0.717) is 12.4 Å². The van der Waals surface area contributed by atoms with E-state index in [1.54, 1.807) is 11.6 Å². The Morgan fingerprint density at radius 3 is 1.97 bits per heavy atom. The third-order valence-corrected chi connectivity index (χ3v) is 6.27. The maximum Gasteiger partial charge on any atom is 0.329 e. The van der Waals surface area contributed by atoms with Gasteiger partial charge >= 0.3 is 5.69 Å². The van der Waals surface area contributed by atoms with Crippen LogP contribution >= 0.6 is 0 Å². The SMILES string of the molecule is CCCCCCCCC=CCCCCCCCCN1CN(C)c2c1n(C)c(=O)[nH]c2=O. The van der Waals surface area contributed by atoms with Crippen molar-refractivity contribution in [3.8, 4) is 0 Å². The Hall–Kier alpha value is -1.98. The van der Waals surface area contributed by atoms with Crippen molar-refractivity contribution in [1.29, 1.82) is 0 Å². The number of nitrogens with zero attached hydrogens (tertiary/aromatic N) is 3. The number of aromatic nitrogens is 2. The van der Waals surface area contributed by atoms with Crippen LogP contribution in [0.5, 0.6) is 0 Å². The molecule has 0 fully saturated rings. The maximum atomic E-state index is 12.1. The minimum atomic E-state index is -0.343. The number of fused-ring (bicyclic) bond motifs is 1. The van der Waals surface area contributed by atoms with Crippen molar-refractivity contribution in [1.82, 2.24) is 9.55 Å². The number of anilines is 2. The predicted octanol–water partition coefficient (Wildman–Crippen LogP) is 5.32. The first-order chi connectivity index (χ1) is 15.1. The summed E-state index contributed by atoms with van der Waals surface area (Å²) in [5, 5.41) is 0. The standard InChI is InChI=1S/C25H44N4O2/c1-4-5-6-7-8-9-10-11-12-13-14-15-16-17-18-19-20-29-21-27(2)22-23(30)26-25(31)28(3)24(22)29/h11-12H,4-10,13-21H2,1-3H3,(H,26,30,31). The molecule has 0 amide bonds. The number of H-pyrrole nitrogens is 1. The van der Waals surface area contributed by atoms with E-state index in [1.807, 2.05) is 11.9 Å². The second-order valence-corrected chi connectivity index (χ2v) is 9.03. The van der Waals surface area contributed by atoms with Gasteiger partial charge in [-0.05, 0) is 32.1 Å². The lowest BCUT2D eigenvalue weighted by Crippen LogP contribution is -2.32. The van der Waals surface area contributed by atoms with Crippen LogP contribution in [0.15, 0.2) is 21.7 Å². The van der Waals surface area contributed by atoms with Gasteiger partial charge < -0.3 is 9.80 Å². The molecule has 2 rings (SSSR count). The molecule has 0 aliphatic carbocycles. The highest BCUT2D eigenvalue weighted by Crippen LogP contribution is 2.29. The molecule has 1 aliphatic heterocycles. The van der Waals surface area contributed by atoms with E-state index in [9.17, 15) is 9.59 Å². The zero-order valence-corrected chi connectivity index (χ0v) is 20.1. The monoisotopic (exact) mass is 432 g/mol. The fourth-order valence-electron chi connectivity index (χ4n) is 4.42. The Kier molecular flexibility index (Phi) is 11.5. The van der Waals surface area contributed by atoms with Crippen LogP contribution in [0.3, 0.4) is 0 Å². The molecule has 0 bridgehead atoms. The number of unbranched alkanes of at least 4 members (excludes halogenated alkanes) is 12. The number of nitrogens with one attached hydrogen (secondary N) is 1. The number of aromatic amines is 1. The van der Waals surface area contributed by atoms with Gasteiger partial charge in [0.25, 0.3) is 5.56 Å². The van der Waals surface area contributed by atoms with Crippen molar-refractivity contribution in [2.24, 2.45) is 7.05 Å². The molecule has 0 spiro atoms. The Balaban J connectivity index is 1.51. The molecule has 1 aromatic rings. The molecule has 0 saturated carbocycles. The lowest BCUT2D eigenvalue weighted by Gasteiger charge is -2.20. The van der Waals surface area contributed by atoms with Crippen LogP contribution < -0.4 is 21.0 Å². The van der Waals surface area contributed by atoms with Gasteiger partial charge in [0.2, 0.25) is 0 Å². The van der Waals surface area contributed by atoms with Gasteiger partial charge in [-0.25, -0.2) is 4.79 Å². The average molecular weight is 433 g/mol. The summed E-state index contributed by atoms with van der Waals surface area (Å²) in [4.78, 5) is 30.5. The van der Waals surface area contributed by atoms with Gasteiger partial charge in [-0.3, -0.25) is 14.3 Å². The zero-order valence-electron chi connectivity index (χ0n) is 20.1. The van der Waals surface area contributed by atoms with Crippen molar-refractivity contribution in [2.45, 2.75) is 96.8 Å². The third kappa shape index (κ3) is 8.23. The van der Waals surface area contributed by atoms with Gasteiger partial charge in [0.05, 0.1) is 6.67 Å². The number of hydrogen-bond acceptors (Lipinski definition) is 4. The molecule has 1 N–H and O–H groups in total. The van der Waals surface area contributed by atoms with Crippen molar-refractivity contribution in [2.75, 3.05) is 30.1 Å². The molecule has 6 heteroatoms. The van der Waals surface area contributed by atoms with Crippen LogP contribution in [0.25, 0.3) is 0 Å². The maximum absolute atomic E-state index is 12.1. The zero-order chi connectivity index (χ0) is 22.5. The normalized spacial score (nSPS) is 13.5. The lowest BCUT2D eigenvalue weighted by molar-refractivity contribution is 0.588.